The minimum atomic E-state index is -2.95. The third kappa shape index (κ3) is 4.79. The van der Waals surface area contributed by atoms with Crippen molar-refractivity contribution in [2.24, 2.45) is 4.36 Å². The Balaban J connectivity index is 3.26. The van der Waals surface area contributed by atoms with E-state index in [2.05, 4.69) is 20.3 Å². The molecule has 0 saturated carbocycles. The van der Waals surface area contributed by atoms with Gasteiger partial charge in [0.1, 0.15) is 11.4 Å². The number of nitrogens with zero attached hydrogens (tertiary/aromatic N) is 1. The van der Waals surface area contributed by atoms with Gasteiger partial charge in [0.25, 0.3) is 0 Å². The summed E-state index contributed by atoms with van der Waals surface area (Å²) in [5.74, 6) is 0.410. The lowest BCUT2D eigenvalue weighted by molar-refractivity contribution is 0.0607. The molecule has 0 saturated heterocycles. The molecule has 0 heterocycles. The predicted molar refractivity (Wildman–Crippen MR) is 81.7 cm³/mol. The zero-order valence-corrected chi connectivity index (χ0v) is 14.5. The fourth-order valence-electron chi connectivity index (χ4n) is 1.42. The van der Waals surface area contributed by atoms with E-state index in [0.717, 1.165) is 4.47 Å². The molecule has 0 bridgehead atoms. The number of hydrogen-bond acceptors (Lipinski definition) is 4. The molecule has 0 fully saturated rings. The van der Waals surface area contributed by atoms with Gasteiger partial charge in [-0.2, -0.15) is 0 Å². The molecular weight excluding hydrogens is 346 g/mol. The van der Waals surface area contributed by atoms with Crippen LogP contribution in [0.1, 0.15) is 20.8 Å². The molecule has 20 heavy (non-hydrogen) atoms. The third-order valence-electron chi connectivity index (χ3n) is 2.18. The number of halogens is 1. The maximum absolute atomic E-state index is 12.6. The van der Waals surface area contributed by atoms with Crippen LogP contribution in [0.2, 0.25) is 0 Å². The second-order valence-electron chi connectivity index (χ2n) is 5.17. The summed E-state index contributed by atoms with van der Waals surface area (Å²) in [7, 11) is -1.48. The summed E-state index contributed by atoms with van der Waals surface area (Å²) in [6.45, 7) is 5.16. The maximum atomic E-state index is 12.6. The predicted octanol–water partition coefficient (Wildman–Crippen LogP) is 3.85. The van der Waals surface area contributed by atoms with Gasteiger partial charge in [-0.25, -0.2) is 9.00 Å². The van der Waals surface area contributed by atoms with Crippen LogP contribution < -0.4 is 4.74 Å². The van der Waals surface area contributed by atoms with E-state index < -0.39 is 21.4 Å². The molecule has 112 valence electrons. The van der Waals surface area contributed by atoms with Crippen molar-refractivity contribution in [3.8, 4) is 5.75 Å². The molecule has 0 aliphatic rings. The maximum Gasteiger partial charge on any atom is 0.442 e. The van der Waals surface area contributed by atoms with Crippen LogP contribution >= 0.6 is 15.9 Å². The first-order chi connectivity index (χ1) is 9.05. The van der Waals surface area contributed by atoms with Gasteiger partial charge in [-0.05, 0) is 39.0 Å². The lowest BCUT2D eigenvalue weighted by Crippen LogP contribution is -2.22. The average molecular weight is 364 g/mol. The van der Waals surface area contributed by atoms with Crippen molar-refractivity contribution in [3.63, 3.8) is 0 Å². The van der Waals surface area contributed by atoms with E-state index in [1.165, 1.54) is 13.4 Å². The highest BCUT2D eigenvalue weighted by molar-refractivity contribution is 9.10. The van der Waals surface area contributed by atoms with E-state index in [4.69, 9.17) is 9.47 Å². The van der Waals surface area contributed by atoms with Crippen LogP contribution in [-0.2, 0) is 14.5 Å². The number of methoxy groups -OCH3 is 1. The molecule has 5 nitrogen and oxygen atoms in total. The van der Waals surface area contributed by atoms with Gasteiger partial charge in [-0.3, -0.25) is 0 Å². The van der Waals surface area contributed by atoms with Gasteiger partial charge in [0.15, 0.2) is 0 Å². The first-order valence-electron chi connectivity index (χ1n) is 5.84. The summed E-state index contributed by atoms with van der Waals surface area (Å²) < 4.78 is 27.3. The summed E-state index contributed by atoms with van der Waals surface area (Å²) in [6, 6.07) is 5.04. The van der Waals surface area contributed by atoms with Crippen molar-refractivity contribution in [3.05, 3.63) is 22.7 Å². The molecule has 1 aromatic carbocycles. The van der Waals surface area contributed by atoms with Gasteiger partial charge in [0.2, 0.25) is 0 Å². The van der Waals surface area contributed by atoms with Gasteiger partial charge in [0.05, 0.1) is 21.7 Å². The lowest BCUT2D eigenvalue weighted by Gasteiger charge is -2.18. The SMILES string of the molecule is COc1ccc(Br)cc1S(C)(=O)=NC(=O)OC(C)(C)C. The van der Waals surface area contributed by atoms with Crippen molar-refractivity contribution in [2.75, 3.05) is 13.4 Å². The summed E-state index contributed by atoms with van der Waals surface area (Å²) in [4.78, 5) is 12.1. The highest BCUT2D eigenvalue weighted by Crippen LogP contribution is 2.28. The fourth-order valence-corrected chi connectivity index (χ4v) is 3.22. The number of hydrogen-bond donors (Lipinski definition) is 0. The second kappa shape index (κ2) is 6.13. The second-order valence-corrected chi connectivity index (χ2v) is 8.31. The Labute approximate surface area is 128 Å². The molecule has 7 heteroatoms. The molecule has 0 aliphatic carbocycles. The van der Waals surface area contributed by atoms with E-state index in [1.807, 2.05) is 0 Å². The van der Waals surface area contributed by atoms with Crippen LogP contribution in [0, 0.1) is 0 Å². The number of rotatable bonds is 2. The highest BCUT2D eigenvalue weighted by atomic mass is 79.9. The van der Waals surface area contributed by atoms with Gasteiger partial charge >= 0.3 is 6.09 Å². The van der Waals surface area contributed by atoms with Gasteiger partial charge in [-0.15, -0.1) is 4.36 Å². The third-order valence-corrected chi connectivity index (χ3v) is 4.30. The Morgan fingerprint density at radius 1 is 1.35 bits per heavy atom. The summed E-state index contributed by atoms with van der Waals surface area (Å²) in [5.41, 5.74) is -0.683. The number of ether oxygens (including phenoxy) is 2. The topological polar surface area (TPSA) is 65.0 Å². The lowest BCUT2D eigenvalue weighted by atomic mass is 10.2. The molecule has 1 amide bonds. The first kappa shape index (κ1) is 17.0. The quantitative estimate of drug-likeness (QED) is 0.800. The smallest absolute Gasteiger partial charge is 0.442 e. The van der Waals surface area contributed by atoms with E-state index in [1.54, 1.807) is 39.0 Å². The van der Waals surface area contributed by atoms with Crippen molar-refractivity contribution >= 4 is 31.8 Å². The molecule has 1 atom stereocenters. The summed E-state index contributed by atoms with van der Waals surface area (Å²) in [5, 5.41) is 0. The first-order valence-corrected chi connectivity index (χ1v) is 8.55. The summed E-state index contributed by atoms with van der Waals surface area (Å²) in [6.07, 6.45) is 0.522. The number of amides is 1. The van der Waals surface area contributed by atoms with Crippen LogP contribution in [0.3, 0.4) is 0 Å². The molecule has 1 aromatic rings. The van der Waals surface area contributed by atoms with E-state index in [-0.39, 0.29) is 0 Å². The van der Waals surface area contributed by atoms with E-state index >= 15 is 0 Å². The van der Waals surface area contributed by atoms with Crippen LogP contribution in [0.4, 0.5) is 4.79 Å². The summed E-state index contributed by atoms with van der Waals surface area (Å²) >= 11 is 3.29. The standard InChI is InChI=1S/C13H18BrNO4S/c1-13(2,3)19-12(16)15-20(5,17)11-8-9(14)6-7-10(11)18-4/h6-8H,1-5H3. The Bertz CT molecular complexity index is 628. The highest BCUT2D eigenvalue weighted by Gasteiger charge is 2.20. The van der Waals surface area contributed by atoms with Crippen LogP contribution in [0.25, 0.3) is 0 Å². The number of carbonyl (C=O) groups excluding carboxylic acids is 1. The van der Waals surface area contributed by atoms with Crippen molar-refractivity contribution in [1.29, 1.82) is 0 Å². The largest absolute Gasteiger partial charge is 0.495 e. The number of carbonyl (C=O) groups is 1. The molecule has 1 rings (SSSR count). The Kier molecular flexibility index (Phi) is 5.21. The monoisotopic (exact) mass is 363 g/mol. The number of benzene rings is 1. The minimum Gasteiger partial charge on any atom is -0.495 e. The molecule has 0 radical (unpaired) electrons. The molecule has 0 aliphatic heterocycles. The average Bonchev–Trinajstić information content (AvgIpc) is 2.25. The molecule has 0 N–H and O–H groups in total. The molecular formula is C13H18BrNO4S. The Morgan fingerprint density at radius 3 is 2.45 bits per heavy atom. The van der Waals surface area contributed by atoms with E-state index in [0.29, 0.717) is 10.6 Å². The van der Waals surface area contributed by atoms with Crippen molar-refractivity contribution in [2.45, 2.75) is 31.3 Å². The Morgan fingerprint density at radius 2 is 1.95 bits per heavy atom. The van der Waals surface area contributed by atoms with Gasteiger partial charge < -0.3 is 9.47 Å². The molecule has 0 spiro atoms. The normalized spacial score (nSPS) is 14.3. The molecule has 0 aromatic heterocycles. The fraction of sp³-hybridized carbons (Fsp3) is 0.462. The van der Waals surface area contributed by atoms with Crippen LogP contribution in [0.15, 0.2) is 31.9 Å². The minimum absolute atomic E-state index is 0.347. The van der Waals surface area contributed by atoms with E-state index in [9.17, 15) is 9.00 Å². The molecule has 1 unspecified atom stereocenters. The Hall–Kier alpha value is -1.08. The zero-order chi connectivity index (χ0) is 15.6. The van der Waals surface area contributed by atoms with Crippen LogP contribution in [0.5, 0.6) is 5.75 Å². The van der Waals surface area contributed by atoms with Gasteiger partial charge in [0, 0.05) is 10.7 Å². The van der Waals surface area contributed by atoms with Crippen molar-refractivity contribution < 1.29 is 18.5 Å². The van der Waals surface area contributed by atoms with Crippen molar-refractivity contribution in [1.82, 2.24) is 0 Å². The van der Waals surface area contributed by atoms with Gasteiger partial charge in [-0.1, -0.05) is 15.9 Å². The van der Waals surface area contributed by atoms with Crippen LogP contribution in [-0.4, -0.2) is 29.3 Å². The zero-order valence-electron chi connectivity index (χ0n) is 12.1.